The molecule has 0 aromatic heterocycles. The Morgan fingerprint density at radius 2 is 1.84 bits per heavy atom. The van der Waals surface area contributed by atoms with Crippen molar-refractivity contribution in [1.82, 2.24) is 20.4 Å². The molecule has 0 aromatic rings. The number of rotatable bonds is 7. The van der Waals surface area contributed by atoms with Gasteiger partial charge in [-0.05, 0) is 101 Å². The summed E-state index contributed by atoms with van der Waals surface area (Å²) in [5.74, 6) is 1.47. The monoisotopic (exact) mass is 530 g/mol. The van der Waals surface area contributed by atoms with Crippen molar-refractivity contribution in [2.24, 2.45) is 23.2 Å². The van der Waals surface area contributed by atoms with Crippen LogP contribution in [0.3, 0.4) is 0 Å². The molecule has 0 radical (unpaired) electrons. The molecule has 2 amide bonds. The molecule has 3 N–H and O–H groups in total. The number of nitrogens with zero attached hydrogens (tertiary/aromatic N) is 2. The first kappa shape index (κ1) is 28.1. The quantitative estimate of drug-likeness (QED) is 0.469. The van der Waals surface area contributed by atoms with E-state index in [1.165, 1.54) is 0 Å². The summed E-state index contributed by atoms with van der Waals surface area (Å²) in [5.41, 5.74) is 1.31. The number of aliphatic hydroxyl groups excluding tert-OH is 1. The van der Waals surface area contributed by atoms with Crippen molar-refractivity contribution in [2.45, 2.75) is 90.3 Å². The van der Waals surface area contributed by atoms with Crippen molar-refractivity contribution in [3.63, 3.8) is 0 Å². The van der Waals surface area contributed by atoms with E-state index in [4.69, 9.17) is 4.74 Å². The lowest BCUT2D eigenvalue weighted by Gasteiger charge is -2.56. The van der Waals surface area contributed by atoms with Crippen LogP contribution in [-0.4, -0.2) is 91.5 Å². The lowest BCUT2D eigenvalue weighted by atomic mass is 9.60. The molecule has 5 rings (SSSR count). The van der Waals surface area contributed by atoms with Gasteiger partial charge < -0.3 is 20.1 Å². The zero-order valence-corrected chi connectivity index (χ0v) is 23.7. The van der Waals surface area contributed by atoms with Crippen LogP contribution in [0.4, 0.5) is 0 Å². The van der Waals surface area contributed by atoms with Gasteiger partial charge in [-0.1, -0.05) is 6.92 Å². The lowest BCUT2D eigenvalue weighted by Crippen LogP contribution is -2.68. The average Bonchev–Trinajstić information content (AvgIpc) is 2.96. The molecule has 0 spiro atoms. The molecule has 0 bridgehead atoms. The molecule has 4 atom stereocenters. The van der Waals surface area contributed by atoms with Gasteiger partial charge in [0.05, 0.1) is 30.8 Å². The number of hydrogen-bond donors (Lipinski definition) is 3. The summed E-state index contributed by atoms with van der Waals surface area (Å²) in [4.78, 5) is 33.2. The molecule has 1 saturated carbocycles. The SMILES string of the molecule is CC1CCC(N2C(=O)C3=C(CCCC3)[C@](C)(C(=O)NCCN3CCOCC3)[C@@H]2C2CCC(CO)CC2)NC1. The second kappa shape index (κ2) is 12.4. The number of carbonyl (C=O) groups excluding carboxylic acids is 2. The summed E-state index contributed by atoms with van der Waals surface area (Å²) < 4.78 is 5.49. The minimum Gasteiger partial charge on any atom is -0.396 e. The summed E-state index contributed by atoms with van der Waals surface area (Å²) in [6, 6.07) is -0.152. The van der Waals surface area contributed by atoms with E-state index in [9.17, 15) is 14.7 Å². The molecule has 2 aliphatic carbocycles. The number of carbonyl (C=O) groups is 2. The van der Waals surface area contributed by atoms with Crippen LogP contribution in [0.2, 0.25) is 0 Å². The van der Waals surface area contributed by atoms with Gasteiger partial charge in [0.15, 0.2) is 0 Å². The van der Waals surface area contributed by atoms with Gasteiger partial charge in [0.2, 0.25) is 5.91 Å². The molecule has 3 fully saturated rings. The third kappa shape index (κ3) is 5.56. The minimum absolute atomic E-state index is 0.0179. The van der Waals surface area contributed by atoms with Crippen LogP contribution in [0, 0.1) is 23.2 Å². The van der Waals surface area contributed by atoms with Crippen molar-refractivity contribution in [1.29, 1.82) is 0 Å². The number of ether oxygens (including phenoxy) is 1. The Bertz CT molecular complexity index is 871. The molecule has 5 aliphatic rings. The van der Waals surface area contributed by atoms with Crippen molar-refractivity contribution in [3.05, 3.63) is 11.1 Å². The number of amides is 2. The maximum atomic E-state index is 14.4. The number of hydrogen-bond acceptors (Lipinski definition) is 6. The molecule has 3 heterocycles. The van der Waals surface area contributed by atoms with Crippen LogP contribution in [0.15, 0.2) is 11.1 Å². The van der Waals surface area contributed by atoms with E-state index in [-0.39, 0.29) is 36.5 Å². The number of piperidine rings is 1. The smallest absolute Gasteiger partial charge is 0.251 e. The highest BCUT2D eigenvalue weighted by Crippen LogP contribution is 2.52. The Hall–Kier alpha value is -1.48. The highest BCUT2D eigenvalue weighted by atomic mass is 16.5. The summed E-state index contributed by atoms with van der Waals surface area (Å²) in [6.07, 6.45) is 9.58. The van der Waals surface area contributed by atoms with Crippen LogP contribution < -0.4 is 10.6 Å². The predicted octanol–water partition coefficient (Wildman–Crippen LogP) is 2.67. The molecule has 2 saturated heterocycles. The number of aliphatic hydroxyl groups is 1. The second-order valence-electron chi connectivity index (χ2n) is 12.8. The molecule has 8 nitrogen and oxygen atoms in total. The highest BCUT2D eigenvalue weighted by Gasteiger charge is 2.57. The zero-order valence-electron chi connectivity index (χ0n) is 23.7. The molecule has 214 valence electrons. The van der Waals surface area contributed by atoms with Gasteiger partial charge in [-0.3, -0.25) is 19.8 Å². The van der Waals surface area contributed by atoms with Crippen LogP contribution in [0.1, 0.15) is 78.1 Å². The third-order valence-corrected chi connectivity index (χ3v) is 10.3. The molecular formula is C30H50N4O4. The normalized spacial score (nSPS) is 37.2. The van der Waals surface area contributed by atoms with E-state index in [0.717, 1.165) is 115 Å². The van der Waals surface area contributed by atoms with Crippen molar-refractivity contribution >= 4 is 11.8 Å². The van der Waals surface area contributed by atoms with Crippen molar-refractivity contribution < 1.29 is 19.4 Å². The van der Waals surface area contributed by atoms with Crippen LogP contribution in [0.5, 0.6) is 0 Å². The van der Waals surface area contributed by atoms with Gasteiger partial charge >= 0.3 is 0 Å². The van der Waals surface area contributed by atoms with E-state index in [2.05, 4.69) is 34.3 Å². The lowest BCUT2D eigenvalue weighted by molar-refractivity contribution is -0.150. The fourth-order valence-electron chi connectivity index (χ4n) is 8.00. The fourth-order valence-corrected chi connectivity index (χ4v) is 8.00. The Morgan fingerprint density at radius 3 is 2.53 bits per heavy atom. The molecule has 3 aliphatic heterocycles. The van der Waals surface area contributed by atoms with E-state index >= 15 is 0 Å². The van der Waals surface area contributed by atoms with E-state index in [1.807, 2.05) is 0 Å². The standard InChI is InChI=1S/C30H50N4O4/c1-21-7-12-26(32-19-21)34-27(23-10-8-22(20-35)9-11-23)30(2,25-6-4-3-5-24(25)28(34)36)29(37)31-13-14-33-15-17-38-18-16-33/h21-23,26-27,32,35H,3-20H2,1-2H3,(H,31,37)/t21?,22?,23?,26?,27-,30-/m0/s1. The van der Waals surface area contributed by atoms with E-state index in [1.54, 1.807) is 0 Å². The van der Waals surface area contributed by atoms with Crippen LogP contribution in [-0.2, 0) is 14.3 Å². The minimum atomic E-state index is -0.726. The maximum absolute atomic E-state index is 14.4. The third-order valence-electron chi connectivity index (χ3n) is 10.3. The first-order valence-electron chi connectivity index (χ1n) is 15.4. The summed E-state index contributed by atoms with van der Waals surface area (Å²) in [6.45, 7) is 10.3. The van der Waals surface area contributed by atoms with Crippen LogP contribution in [0.25, 0.3) is 0 Å². The predicted molar refractivity (Wildman–Crippen MR) is 147 cm³/mol. The zero-order chi connectivity index (χ0) is 26.7. The van der Waals surface area contributed by atoms with Gasteiger partial charge in [0.25, 0.3) is 5.91 Å². The Balaban J connectivity index is 1.46. The second-order valence-corrected chi connectivity index (χ2v) is 12.8. The fraction of sp³-hybridized carbons (Fsp3) is 0.867. The Kier molecular flexibility index (Phi) is 9.13. The first-order chi connectivity index (χ1) is 18.4. The number of morpholine rings is 1. The molecule has 8 heteroatoms. The van der Waals surface area contributed by atoms with Gasteiger partial charge in [-0.2, -0.15) is 0 Å². The van der Waals surface area contributed by atoms with Gasteiger partial charge in [-0.15, -0.1) is 0 Å². The van der Waals surface area contributed by atoms with Gasteiger partial charge in [0.1, 0.15) is 0 Å². The first-order valence-corrected chi connectivity index (χ1v) is 15.4. The van der Waals surface area contributed by atoms with Crippen LogP contribution >= 0.6 is 0 Å². The van der Waals surface area contributed by atoms with Gasteiger partial charge in [0, 0.05) is 38.4 Å². The molecule has 2 unspecified atom stereocenters. The molecule has 0 aromatic carbocycles. The summed E-state index contributed by atoms with van der Waals surface area (Å²) in [5, 5.41) is 16.9. The maximum Gasteiger partial charge on any atom is 0.251 e. The Labute approximate surface area is 228 Å². The summed E-state index contributed by atoms with van der Waals surface area (Å²) in [7, 11) is 0. The Morgan fingerprint density at radius 1 is 1.11 bits per heavy atom. The van der Waals surface area contributed by atoms with E-state index in [0.29, 0.717) is 18.4 Å². The van der Waals surface area contributed by atoms with E-state index < -0.39 is 5.41 Å². The van der Waals surface area contributed by atoms with Crippen molar-refractivity contribution in [2.75, 3.05) is 52.5 Å². The summed E-state index contributed by atoms with van der Waals surface area (Å²) >= 11 is 0. The molecular weight excluding hydrogens is 480 g/mol. The number of nitrogens with one attached hydrogen (secondary N) is 2. The largest absolute Gasteiger partial charge is 0.396 e. The van der Waals surface area contributed by atoms with Crippen molar-refractivity contribution in [3.8, 4) is 0 Å². The van der Waals surface area contributed by atoms with Gasteiger partial charge in [-0.25, -0.2) is 0 Å². The highest BCUT2D eigenvalue weighted by molar-refractivity contribution is 6.00. The average molecular weight is 531 g/mol. The topological polar surface area (TPSA) is 94.1 Å². The molecule has 38 heavy (non-hydrogen) atoms.